The van der Waals surface area contributed by atoms with E-state index in [1.165, 1.54) is 11.9 Å². The van der Waals surface area contributed by atoms with Crippen LogP contribution in [0.4, 0.5) is 18.9 Å². The zero-order valence-corrected chi connectivity index (χ0v) is 20.2. The highest BCUT2D eigenvalue weighted by Crippen LogP contribution is 2.33. The predicted octanol–water partition coefficient (Wildman–Crippen LogP) is 5.51. The van der Waals surface area contributed by atoms with Crippen molar-refractivity contribution in [3.05, 3.63) is 87.3 Å². The largest absolute Gasteiger partial charge is 0.416 e. The van der Waals surface area contributed by atoms with Gasteiger partial charge in [0.15, 0.2) is 0 Å². The summed E-state index contributed by atoms with van der Waals surface area (Å²) in [5.74, 6) is -0.539. The van der Waals surface area contributed by atoms with Gasteiger partial charge in [-0.2, -0.15) is 13.2 Å². The number of carbonyl (C=O) groups is 1. The number of hydrogen-bond acceptors (Lipinski definition) is 5. The lowest BCUT2D eigenvalue weighted by Crippen LogP contribution is -2.27. The van der Waals surface area contributed by atoms with E-state index >= 15 is 0 Å². The van der Waals surface area contributed by atoms with Crippen LogP contribution >= 0.6 is 23.7 Å². The highest BCUT2D eigenvalue weighted by atomic mass is 35.5. The SMILES string of the molecule is CN(Cc1ccc(Cl)cc1)C(=O)c1ccc(C(F)(F)F)cc1NS(=O)C1=CC=C/C(=N/SN)C1. The Labute approximate surface area is 206 Å². The fourth-order valence-corrected chi connectivity index (χ4v) is 4.49. The first-order valence-corrected chi connectivity index (χ1v) is 12.1. The van der Waals surface area contributed by atoms with Crippen molar-refractivity contribution in [2.45, 2.75) is 19.1 Å². The van der Waals surface area contributed by atoms with Crippen LogP contribution in [0.5, 0.6) is 0 Å². The molecule has 34 heavy (non-hydrogen) atoms. The van der Waals surface area contributed by atoms with Crippen molar-refractivity contribution in [2.24, 2.45) is 9.54 Å². The molecule has 3 rings (SSSR count). The third-order valence-corrected chi connectivity index (χ3v) is 6.55. The lowest BCUT2D eigenvalue weighted by Gasteiger charge is -2.21. The first-order valence-electron chi connectivity index (χ1n) is 9.78. The number of hydrogen-bond donors (Lipinski definition) is 2. The average Bonchev–Trinajstić information content (AvgIpc) is 2.80. The van der Waals surface area contributed by atoms with Crippen LogP contribution in [0.3, 0.4) is 0 Å². The first kappa shape index (κ1) is 26.0. The van der Waals surface area contributed by atoms with E-state index in [0.29, 0.717) is 15.6 Å². The van der Waals surface area contributed by atoms with Crippen molar-refractivity contribution in [1.29, 1.82) is 0 Å². The molecule has 0 saturated heterocycles. The van der Waals surface area contributed by atoms with E-state index in [1.54, 1.807) is 42.5 Å². The van der Waals surface area contributed by atoms with Gasteiger partial charge in [0.1, 0.15) is 11.0 Å². The van der Waals surface area contributed by atoms with Gasteiger partial charge in [0.2, 0.25) is 0 Å². The molecule has 2 aromatic rings. The second kappa shape index (κ2) is 11.2. The second-order valence-corrected chi connectivity index (χ2v) is 9.37. The Hall–Kier alpha value is -2.60. The molecule has 1 aliphatic rings. The van der Waals surface area contributed by atoms with Gasteiger partial charge >= 0.3 is 6.18 Å². The highest BCUT2D eigenvalue weighted by Gasteiger charge is 2.32. The maximum absolute atomic E-state index is 13.3. The summed E-state index contributed by atoms with van der Waals surface area (Å²) in [6.07, 6.45) is 0.431. The quantitative estimate of drug-likeness (QED) is 0.464. The van der Waals surface area contributed by atoms with Crippen LogP contribution in [0.1, 0.15) is 27.9 Å². The molecule has 0 heterocycles. The molecule has 0 bridgehead atoms. The number of anilines is 1. The van der Waals surface area contributed by atoms with Crippen LogP contribution in [-0.4, -0.2) is 27.8 Å². The van der Waals surface area contributed by atoms with Gasteiger partial charge in [-0.25, -0.2) is 8.61 Å². The van der Waals surface area contributed by atoms with E-state index in [1.807, 2.05) is 0 Å². The predicted molar refractivity (Wildman–Crippen MR) is 132 cm³/mol. The number of halogens is 4. The molecule has 0 saturated carbocycles. The van der Waals surface area contributed by atoms with E-state index in [2.05, 4.69) is 9.12 Å². The summed E-state index contributed by atoms with van der Waals surface area (Å²) in [5.41, 5.74) is 0.139. The topological polar surface area (TPSA) is 87.8 Å². The number of rotatable bonds is 7. The Kier molecular flexibility index (Phi) is 8.58. The zero-order chi connectivity index (χ0) is 24.9. The number of nitrogens with zero attached hydrogens (tertiary/aromatic N) is 2. The maximum Gasteiger partial charge on any atom is 0.416 e. The van der Waals surface area contributed by atoms with Crippen LogP contribution in [-0.2, 0) is 23.7 Å². The molecule has 0 radical (unpaired) electrons. The monoisotopic (exact) mass is 528 g/mol. The smallest absolute Gasteiger partial charge is 0.337 e. The lowest BCUT2D eigenvalue weighted by molar-refractivity contribution is -0.137. The number of benzene rings is 2. The minimum Gasteiger partial charge on any atom is -0.337 e. The van der Waals surface area contributed by atoms with Crippen LogP contribution in [0.2, 0.25) is 5.02 Å². The van der Waals surface area contributed by atoms with Gasteiger partial charge in [0.25, 0.3) is 5.91 Å². The van der Waals surface area contributed by atoms with E-state index in [4.69, 9.17) is 16.7 Å². The number of carbonyl (C=O) groups excluding carboxylic acids is 1. The van der Waals surface area contributed by atoms with E-state index < -0.39 is 28.6 Å². The molecule has 1 unspecified atom stereocenters. The van der Waals surface area contributed by atoms with Gasteiger partial charge in [-0.1, -0.05) is 29.8 Å². The van der Waals surface area contributed by atoms with Crippen LogP contribution < -0.4 is 9.86 Å². The summed E-state index contributed by atoms with van der Waals surface area (Å²) in [4.78, 5) is 14.8. The van der Waals surface area contributed by atoms with Gasteiger partial charge < -0.3 is 9.62 Å². The second-order valence-electron chi connectivity index (χ2n) is 7.27. The molecule has 0 fully saturated rings. The van der Waals surface area contributed by atoms with Crippen molar-refractivity contribution < 1.29 is 22.2 Å². The number of nitrogens with two attached hydrogens (primary N) is 1. The Morgan fingerprint density at radius 3 is 2.62 bits per heavy atom. The van der Waals surface area contributed by atoms with E-state index in [9.17, 15) is 22.2 Å². The molecule has 12 heteroatoms. The molecular formula is C22H20ClF3N4O2S2. The summed E-state index contributed by atoms with van der Waals surface area (Å²) in [6.45, 7) is 0.200. The average molecular weight is 529 g/mol. The molecule has 1 aliphatic carbocycles. The number of allylic oxidation sites excluding steroid dienone is 4. The Morgan fingerprint density at radius 1 is 1.26 bits per heavy atom. The fraction of sp³-hybridized carbons (Fsp3) is 0.182. The third-order valence-electron chi connectivity index (χ3n) is 4.79. The molecular weight excluding hydrogens is 509 g/mol. The van der Waals surface area contributed by atoms with Crippen LogP contribution in [0.15, 0.2) is 70.0 Å². The molecule has 2 aromatic carbocycles. The Bertz CT molecular complexity index is 1180. The molecule has 1 amide bonds. The fourth-order valence-electron chi connectivity index (χ4n) is 3.12. The van der Waals surface area contributed by atoms with Gasteiger partial charge in [-0.3, -0.25) is 9.93 Å². The Morgan fingerprint density at radius 2 is 1.97 bits per heavy atom. The number of nitrogens with one attached hydrogen (secondary N) is 1. The molecule has 0 spiro atoms. The van der Waals surface area contributed by atoms with Crippen LogP contribution in [0.25, 0.3) is 0 Å². The van der Waals surface area contributed by atoms with Crippen molar-refractivity contribution in [3.63, 3.8) is 0 Å². The summed E-state index contributed by atoms with van der Waals surface area (Å²) >= 11 is 6.63. The minimum atomic E-state index is -4.64. The normalized spacial score (nSPS) is 15.7. The molecule has 6 nitrogen and oxygen atoms in total. The molecule has 180 valence electrons. The van der Waals surface area contributed by atoms with Gasteiger partial charge in [0, 0.05) is 29.9 Å². The van der Waals surface area contributed by atoms with Crippen molar-refractivity contribution >= 4 is 52.0 Å². The first-order chi connectivity index (χ1) is 16.1. The van der Waals surface area contributed by atoms with Crippen LogP contribution in [0, 0.1) is 0 Å². The van der Waals surface area contributed by atoms with E-state index in [-0.39, 0.29) is 24.2 Å². The molecule has 0 aromatic heterocycles. The van der Waals surface area contributed by atoms with Gasteiger partial charge in [-0.15, -0.1) is 0 Å². The van der Waals surface area contributed by atoms with E-state index in [0.717, 1.165) is 35.9 Å². The zero-order valence-electron chi connectivity index (χ0n) is 17.8. The molecule has 1 atom stereocenters. The number of amides is 1. The summed E-state index contributed by atoms with van der Waals surface area (Å²) < 4.78 is 59.5. The minimum absolute atomic E-state index is 0.0452. The maximum atomic E-state index is 13.3. The molecule has 3 N–H and O–H groups in total. The van der Waals surface area contributed by atoms with Crippen molar-refractivity contribution in [1.82, 2.24) is 4.90 Å². The standard InChI is InChI=1S/C22H20ClF3N4O2S2/c1-30(13-14-5-8-16(23)9-6-14)21(31)19-10-7-15(22(24,25)26)11-20(19)29-34(32)18-4-2-3-17(12-18)28-33-27/h2-11,29H,12-13,27H2,1H3/b28-17-. The molecule has 0 aliphatic heterocycles. The lowest BCUT2D eigenvalue weighted by atomic mass is 10.1. The van der Waals surface area contributed by atoms with Crippen molar-refractivity contribution in [3.8, 4) is 0 Å². The number of alkyl halides is 3. The summed E-state index contributed by atoms with van der Waals surface area (Å²) in [7, 11) is -0.396. The highest BCUT2D eigenvalue weighted by molar-refractivity contribution is 7.95. The summed E-state index contributed by atoms with van der Waals surface area (Å²) in [6, 6.07) is 9.53. The van der Waals surface area contributed by atoms with Gasteiger partial charge in [0.05, 0.1) is 34.7 Å². The summed E-state index contributed by atoms with van der Waals surface area (Å²) in [5, 5.41) is 5.88. The van der Waals surface area contributed by atoms with Gasteiger partial charge in [-0.05, 0) is 48.0 Å². The third kappa shape index (κ3) is 6.72. The van der Waals surface area contributed by atoms with Crippen molar-refractivity contribution in [2.75, 3.05) is 11.8 Å². The Balaban J connectivity index is 1.88.